The van der Waals surface area contributed by atoms with E-state index in [4.69, 9.17) is 10.8 Å². The van der Waals surface area contributed by atoms with Gasteiger partial charge in [0.25, 0.3) is 0 Å². The second kappa shape index (κ2) is 4.04. The summed E-state index contributed by atoms with van der Waals surface area (Å²) in [6.07, 6.45) is 2.92. The number of aromatic nitrogens is 2. The maximum absolute atomic E-state index is 10.6. The van der Waals surface area contributed by atoms with Crippen LogP contribution in [-0.4, -0.2) is 27.2 Å². The van der Waals surface area contributed by atoms with E-state index in [0.717, 1.165) is 18.7 Å². The first-order valence-electron chi connectivity index (χ1n) is 4.10. The number of rotatable bonds is 4. The van der Waals surface area contributed by atoms with Crippen molar-refractivity contribution in [2.24, 2.45) is 12.8 Å². The van der Waals surface area contributed by atoms with Gasteiger partial charge in [-0.3, -0.25) is 0 Å². The highest BCUT2D eigenvalue weighted by atomic mass is 16.4. The van der Waals surface area contributed by atoms with Gasteiger partial charge in [-0.15, -0.1) is 0 Å². The quantitative estimate of drug-likeness (QED) is 0.689. The van der Waals surface area contributed by atoms with Crippen LogP contribution in [0.4, 0.5) is 0 Å². The average Bonchev–Trinajstić information content (AvgIpc) is 2.43. The summed E-state index contributed by atoms with van der Waals surface area (Å²) in [6, 6.07) is 0. The minimum atomic E-state index is -0.950. The van der Waals surface area contributed by atoms with E-state index in [9.17, 15) is 4.79 Å². The van der Waals surface area contributed by atoms with Crippen molar-refractivity contribution < 1.29 is 9.90 Å². The first-order valence-corrected chi connectivity index (χ1v) is 4.10. The molecule has 5 heteroatoms. The number of carboxylic acid groups (broad SMARTS) is 1. The smallest absolute Gasteiger partial charge is 0.354 e. The highest BCUT2D eigenvalue weighted by molar-refractivity contribution is 5.85. The molecule has 0 aromatic carbocycles. The number of imidazole rings is 1. The van der Waals surface area contributed by atoms with Crippen LogP contribution in [0.3, 0.4) is 0 Å². The molecule has 1 aromatic heterocycles. The second-order valence-corrected chi connectivity index (χ2v) is 2.82. The SMILES string of the molecule is Cn1c(C(=O)O)cnc1CCCN. The van der Waals surface area contributed by atoms with Crippen LogP contribution in [0.25, 0.3) is 0 Å². The van der Waals surface area contributed by atoms with Gasteiger partial charge >= 0.3 is 5.97 Å². The predicted octanol–water partition coefficient (Wildman–Crippen LogP) is 0.00960. The van der Waals surface area contributed by atoms with E-state index >= 15 is 0 Å². The molecule has 72 valence electrons. The zero-order chi connectivity index (χ0) is 9.84. The molecule has 0 unspecified atom stereocenters. The Labute approximate surface area is 76.2 Å². The molecule has 5 nitrogen and oxygen atoms in total. The van der Waals surface area contributed by atoms with E-state index in [-0.39, 0.29) is 5.69 Å². The minimum Gasteiger partial charge on any atom is -0.477 e. The van der Waals surface area contributed by atoms with Crippen molar-refractivity contribution in [3.63, 3.8) is 0 Å². The van der Waals surface area contributed by atoms with Crippen molar-refractivity contribution >= 4 is 5.97 Å². The number of nitrogens with zero attached hydrogens (tertiary/aromatic N) is 2. The van der Waals surface area contributed by atoms with Crippen molar-refractivity contribution in [1.82, 2.24) is 9.55 Å². The van der Waals surface area contributed by atoms with E-state index in [1.807, 2.05) is 0 Å². The number of nitrogens with two attached hydrogens (primary N) is 1. The van der Waals surface area contributed by atoms with Crippen LogP contribution in [0.1, 0.15) is 22.7 Å². The van der Waals surface area contributed by atoms with Crippen LogP contribution in [0.2, 0.25) is 0 Å². The highest BCUT2D eigenvalue weighted by Crippen LogP contribution is 2.04. The van der Waals surface area contributed by atoms with Crippen molar-refractivity contribution in [2.75, 3.05) is 6.54 Å². The molecule has 0 aliphatic rings. The zero-order valence-corrected chi connectivity index (χ0v) is 7.53. The zero-order valence-electron chi connectivity index (χ0n) is 7.53. The van der Waals surface area contributed by atoms with Gasteiger partial charge < -0.3 is 15.4 Å². The van der Waals surface area contributed by atoms with Gasteiger partial charge in [0.15, 0.2) is 0 Å². The molecule has 1 heterocycles. The topological polar surface area (TPSA) is 81.1 Å². The Kier molecular flexibility index (Phi) is 3.02. The largest absolute Gasteiger partial charge is 0.477 e. The molecule has 0 fully saturated rings. The molecule has 0 bridgehead atoms. The maximum atomic E-state index is 10.6. The molecule has 0 atom stereocenters. The molecule has 0 radical (unpaired) electrons. The number of aromatic carboxylic acids is 1. The van der Waals surface area contributed by atoms with E-state index in [2.05, 4.69) is 4.98 Å². The fraction of sp³-hybridized carbons (Fsp3) is 0.500. The lowest BCUT2D eigenvalue weighted by Gasteiger charge is -2.01. The first kappa shape index (κ1) is 9.73. The third-order valence-corrected chi connectivity index (χ3v) is 1.91. The Bertz CT molecular complexity index is 306. The van der Waals surface area contributed by atoms with Crippen LogP contribution in [0.15, 0.2) is 6.20 Å². The Morgan fingerprint density at radius 3 is 2.92 bits per heavy atom. The highest BCUT2D eigenvalue weighted by Gasteiger charge is 2.11. The molecule has 0 saturated heterocycles. The summed E-state index contributed by atoms with van der Waals surface area (Å²) in [5, 5.41) is 8.72. The molecule has 0 saturated carbocycles. The fourth-order valence-electron chi connectivity index (χ4n) is 1.14. The predicted molar refractivity (Wildman–Crippen MR) is 47.5 cm³/mol. The first-order chi connectivity index (χ1) is 6.16. The van der Waals surface area contributed by atoms with E-state index in [1.165, 1.54) is 6.20 Å². The Morgan fingerprint density at radius 2 is 2.46 bits per heavy atom. The normalized spacial score (nSPS) is 10.3. The number of hydrogen-bond donors (Lipinski definition) is 2. The maximum Gasteiger partial charge on any atom is 0.354 e. The minimum absolute atomic E-state index is 0.215. The van der Waals surface area contributed by atoms with E-state index in [0.29, 0.717) is 6.54 Å². The Balaban J connectivity index is 2.80. The van der Waals surface area contributed by atoms with Crippen molar-refractivity contribution in [2.45, 2.75) is 12.8 Å². The molecular weight excluding hydrogens is 170 g/mol. The summed E-state index contributed by atoms with van der Waals surface area (Å²) < 4.78 is 1.58. The van der Waals surface area contributed by atoms with Crippen molar-refractivity contribution in [1.29, 1.82) is 0 Å². The van der Waals surface area contributed by atoms with Gasteiger partial charge in [0.1, 0.15) is 11.5 Å². The lowest BCUT2D eigenvalue weighted by molar-refractivity contribution is 0.0686. The van der Waals surface area contributed by atoms with Crippen molar-refractivity contribution in [3.8, 4) is 0 Å². The number of hydrogen-bond acceptors (Lipinski definition) is 3. The number of aryl methyl sites for hydroxylation is 1. The van der Waals surface area contributed by atoms with Crippen LogP contribution in [0.5, 0.6) is 0 Å². The summed E-state index contributed by atoms with van der Waals surface area (Å²) in [4.78, 5) is 14.6. The van der Waals surface area contributed by atoms with Gasteiger partial charge in [-0.05, 0) is 13.0 Å². The number of carboxylic acids is 1. The lowest BCUT2D eigenvalue weighted by atomic mass is 10.3. The monoisotopic (exact) mass is 183 g/mol. The standard InChI is InChI=1S/C8H13N3O2/c1-11-6(8(12)13)5-10-7(11)3-2-4-9/h5H,2-4,9H2,1H3,(H,12,13). The average molecular weight is 183 g/mol. The Hall–Kier alpha value is -1.36. The fourth-order valence-corrected chi connectivity index (χ4v) is 1.14. The molecule has 0 aliphatic heterocycles. The van der Waals surface area contributed by atoms with Crippen LogP contribution >= 0.6 is 0 Å². The third kappa shape index (κ3) is 2.06. The van der Waals surface area contributed by atoms with Crippen LogP contribution in [-0.2, 0) is 13.5 Å². The molecule has 0 spiro atoms. The van der Waals surface area contributed by atoms with Gasteiger partial charge in [-0.25, -0.2) is 9.78 Å². The van der Waals surface area contributed by atoms with Gasteiger partial charge in [0.05, 0.1) is 6.20 Å². The number of carbonyl (C=O) groups is 1. The molecule has 13 heavy (non-hydrogen) atoms. The van der Waals surface area contributed by atoms with E-state index in [1.54, 1.807) is 11.6 Å². The van der Waals surface area contributed by atoms with E-state index < -0.39 is 5.97 Å². The van der Waals surface area contributed by atoms with Crippen molar-refractivity contribution in [3.05, 3.63) is 17.7 Å². The molecule has 1 aromatic rings. The Morgan fingerprint density at radius 1 is 1.77 bits per heavy atom. The summed E-state index contributed by atoms with van der Waals surface area (Å²) >= 11 is 0. The molecule has 0 aliphatic carbocycles. The van der Waals surface area contributed by atoms with Gasteiger partial charge in [-0.2, -0.15) is 0 Å². The molecule has 1 rings (SSSR count). The van der Waals surface area contributed by atoms with Gasteiger partial charge in [-0.1, -0.05) is 0 Å². The molecule has 0 amide bonds. The van der Waals surface area contributed by atoms with Crippen LogP contribution < -0.4 is 5.73 Å². The third-order valence-electron chi connectivity index (χ3n) is 1.91. The molecular formula is C8H13N3O2. The van der Waals surface area contributed by atoms with Gasteiger partial charge in [0, 0.05) is 13.5 Å². The summed E-state index contributed by atoms with van der Waals surface area (Å²) in [6.45, 7) is 0.593. The summed E-state index contributed by atoms with van der Waals surface area (Å²) in [7, 11) is 1.70. The summed E-state index contributed by atoms with van der Waals surface area (Å²) in [5.74, 6) is -0.183. The second-order valence-electron chi connectivity index (χ2n) is 2.82. The summed E-state index contributed by atoms with van der Waals surface area (Å²) in [5.41, 5.74) is 5.55. The molecule has 3 N–H and O–H groups in total. The van der Waals surface area contributed by atoms with Gasteiger partial charge in [0.2, 0.25) is 0 Å². The lowest BCUT2D eigenvalue weighted by Crippen LogP contribution is -2.08. The van der Waals surface area contributed by atoms with Crippen LogP contribution in [0, 0.1) is 0 Å².